The van der Waals surface area contributed by atoms with Crippen molar-refractivity contribution in [1.82, 2.24) is 29.4 Å². The number of aromatic nitrogens is 5. The second kappa shape index (κ2) is 11.4. The largest absolute Gasteiger partial charge is 0.379 e. The van der Waals surface area contributed by atoms with E-state index in [1.165, 1.54) is 21.5 Å². The van der Waals surface area contributed by atoms with Crippen LogP contribution in [0.4, 0.5) is 0 Å². The first kappa shape index (κ1) is 28.2. The van der Waals surface area contributed by atoms with Crippen molar-refractivity contribution in [2.45, 2.75) is 6.04 Å². The lowest BCUT2D eigenvalue weighted by atomic mass is 9.93. The van der Waals surface area contributed by atoms with Crippen LogP contribution in [0.5, 0.6) is 0 Å². The molecule has 0 spiro atoms. The van der Waals surface area contributed by atoms with Gasteiger partial charge in [-0.05, 0) is 72.9 Å². The number of pyridine rings is 3. The Balaban J connectivity index is 1.08. The number of benzene rings is 4. The first-order chi connectivity index (χ1) is 24.8. The van der Waals surface area contributed by atoms with Crippen molar-refractivity contribution in [3.8, 4) is 22.9 Å². The van der Waals surface area contributed by atoms with Gasteiger partial charge in [-0.15, -0.1) is 0 Å². The summed E-state index contributed by atoms with van der Waals surface area (Å²) >= 11 is 0. The van der Waals surface area contributed by atoms with Crippen LogP contribution >= 0.6 is 0 Å². The molecule has 0 fully saturated rings. The van der Waals surface area contributed by atoms with Crippen LogP contribution in [0.25, 0.3) is 72.1 Å². The molecule has 0 aliphatic carbocycles. The minimum Gasteiger partial charge on any atom is -0.379 e. The first-order valence-corrected chi connectivity index (χ1v) is 16.8. The van der Waals surface area contributed by atoms with Gasteiger partial charge in [0.05, 0.1) is 45.2 Å². The number of hydrogen-bond donors (Lipinski definition) is 1. The van der Waals surface area contributed by atoms with E-state index in [-0.39, 0.29) is 6.04 Å². The van der Waals surface area contributed by atoms with Crippen molar-refractivity contribution in [3.63, 3.8) is 0 Å². The minimum absolute atomic E-state index is 0.240. The highest BCUT2D eigenvalue weighted by Gasteiger charge is 2.26. The lowest BCUT2D eigenvalue weighted by Gasteiger charge is -2.25. The second-order valence-electron chi connectivity index (χ2n) is 12.5. The van der Waals surface area contributed by atoms with Crippen LogP contribution in [0.2, 0.25) is 0 Å². The summed E-state index contributed by atoms with van der Waals surface area (Å²) in [6.45, 7) is 0. The van der Waals surface area contributed by atoms with Crippen molar-refractivity contribution in [1.29, 1.82) is 0 Å². The molecule has 9 aromatic rings. The van der Waals surface area contributed by atoms with Gasteiger partial charge in [0.25, 0.3) is 0 Å². The third-order valence-electron chi connectivity index (χ3n) is 9.72. The molecule has 236 valence electrons. The second-order valence-corrected chi connectivity index (χ2v) is 12.5. The third-order valence-corrected chi connectivity index (χ3v) is 9.72. The third kappa shape index (κ3) is 4.39. The molecule has 5 aromatic heterocycles. The smallest absolute Gasteiger partial charge is 0.138 e. The maximum atomic E-state index is 5.30. The molecule has 0 radical (unpaired) electrons. The van der Waals surface area contributed by atoms with Gasteiger partial charge in [0.2, 0.25) is 0 Å². The van der Waals surface area contributed by atoms with Gasteiger partial charge < -0.3 is 5.32 Å². The number of fused-ring (bicyclic) bond motifs is 6. The van der Waals surface area contributed by atoms with Crippen LogP contribution in [0, 0.1) is 0 Å². The number of nitrogens with zero attached hydrogens (tertiary/aromatic N) is 5. The fraction of sp³-hybridized carbons (Fsp3) is 0.0227. The lowest BCUT2D eigenvalue weighted by Crippen LogP contribution is -2.22. The molecule has 0 bridgehead atoms. The normalized spacial score (nSPS) is 14.4. The van der Waals surface area contributed by atoms with Crippen molar-refractivity contribution < 1.29 is 0 Å². The Morgan fingerprint density at radius 2 is 0.980 bits per heavy atom. The molecule has 1 atom stereocenters. The van der Waals surface area contributed by atoms with E-state index in [0.717, 1.165) is 61.9 Å². The fourth-order valence-corrected chi connectivity index (χ4v) is 7.56. The maximum absolute atomic E-state index is 5.30. The molecule has 6 nitrogen and oxygen atoms in total. The Morgan fingerprint density at radius 3 is 1.54 bits per heavy atom. The van der Waals surface area contributed by atoms with Crippen molar-refractivity contribution in [2.24, 2.45) is 0 Å². The van der Waals surface area contributed by atoms with E-state index in [2.05, 4.69) is 160 Å². The topological polar surface area (TPSA) is 60.6 Å². The van der Waals surface area contributed by atoms with Crippen molar-refractivity contribution in [2.75, 3.05) is 0 Å². The highest BCUT2D eigenvalue weighted by molar-refractivity contribution is 6.10. The van der Waals surface area contributed by atoms with Crippen molar-refractivity contribution in [3.05, 3.63) is 182 Å². The zero-order valence-electron chi connectivity index (χ0n) is 27.0. The van der Waals surface area contributed by atoms with Crippen LogP contribution in [0.3, 0.4) is 0 Å². The van der Waals surface area contributed by atoms with E-state index < -0.39 is 0 Å². The van der Waals surface area contributed by atoms with E-state index in [4.69, 9.17) is 15.0 Å². The van der Waals surface area contributed by atoms with Crippen LogP contribution in [0.15, 0.2) is 170 Å². The molecule has 1 aliphatic heterocycles. The van der Waals surface area contributed by atoms with E-state index in [0.29, 0.717) is 0 Å². The standard InChI is InChI=1S/C44H30N6/c1-5-21-37-29(13-1)30-14-2-6-22-38(30)49(37)41-25-9-19-35(47-41)33-17-11-27-45-43(33)44-34(18-12-28-46-44)36-20-10-26-42(48-36)50-39-23-7-3-15-31(39)32-16-4-8-24-40(32)50/h1-28,43,45H. The average molecular weight is 643 g/mol. The Labute approximate surface area is 288 Å². The predicted molar refractivity (Wildman–Crippen MR) is 203 cm³/mol. The van der Waals surface area contributed by atoms with Gasteiger partial charge in [0.1, 0.15) is 11.6 Å². The highest BCUT2D eigenvalue weighted by atomic mass is 15.1. The first-order valence-electron chi connectivity index (χ1n) is 16.8. The van der Waals surface area contributed by atoms with E-state index in [1.54, 1.807) is 0 Å². The number of nitrogens with one attached hydrogen (secondary N) is 1. The Hall–Kier alpha value is -6.79. The van der Waals surface area contributed by atoms with E-state index in [1.807, 2.05) is 24.5 Å². The summed E-state index contributed by atoms with van der Waals surface area (Å²) in [5, 5.41) is 8.45. The number of rotatable bonds is 5. The molecule has 50 heavy (non-hydrogen) atoms. The number of hydrogen-bond acceptors (Lipinski definition) is 4. The van der Waals surface area contributed by atoms with E-state index in [9.17, 15) is 0 Å². The molecule has 0 saturated heterocycles. The summed E-state index contributed by atoms with van der Waals surface area (Å²) in [6.07, 6.45) is 8.00. The molecule has 0 amide bonds. The molecular formula is C44H30N6. The summed E-state index contributed by atoms with van der Waals surface area (Å²) in [5.41, 5.74) is 9.15. The summed E-state index contributed by atoms with van der Waals surface area (Å²) in [4.78, 5) is 15.6. The monoisotopic (exact) mass is 642 g/mol. The van der Waals surface area contributed by atoms with Gasteiger partial charge in [-0.1, -0.05) is 91.0 Å². The fourth-order valence-electron chi connectivity index (χ4n) is 7.56. The van der Waals surface area contributed by atoms with Gasteiger partial charge in [-0.2, -0.15) is 0 Å². The highest BCUT2D eigenvalue weighted by Crippen LogP contribution is 2.38. The SMILES string of the molecule is C1=CNC(c2ncccc2-c2cccc(-n3c4ccccc4c4ccccc43)n2)C(c2cccc(-n3c4ccccc4c4ccccc43)n2)=C1. The zero-order valence-corrected chi connectivity index (χ0v) is 27.0. The maximum Gasteiger partial charge on any atom is 0.138 e. The molecule has 1 aliphatic rings. The predicted octanol–water partition coefficient (Wildman–Crippen LogP) is 9.97. The molecule has 4 aromatic carbocycles. The Kier molecular flexibility index (Phi) is 6.45. The number of allylic oxidation sites excluding steroid dienone is 2. The minimum atomic E-state index is -0.240. The van der Waals surface area contributed by atoms with Crippen LogP contribution in [-0.4, -0.2) is 24.1 Å². The molecule has 6 heteroatoms. The van der Waals surface area contributed by atoms with E-state index >= 15 is 0 Å². The molecule has 1 unspecified atom stereocenters. The molecular weight excluding hydrogens is 613 g/mol. The number of dihydropyridines is 1. The quantitative estimate of drug-likeness (QED) is 0.203. The van der Waals surface area contributed by atoms with Gasteiger partial charge in [-0.25, -0.2) is 9.97 Å². The summed E-state index contributed by atoms with van der Waals surface area (Å²) < 4.78 is 4.51. The Bertz CT molecular complexity index is 2710. The van der Waals surface area contributed by atoms with Crippen molar-refractivity contribution >= 4 is 49.2 Å². The van der Waals surface area contributed by atoms with Gasteiger partial charge in [0, 0.05) is 38.9 Å². The summed E-state index contributed by atoms with van der Waals surface area (Å²) in [7, 11) is 0. The molecule has 6 heterocycles. The summed E-state index contributed by atoms with van der Waals surface area (Å²) in [5.74, 6) is 1.73. The average Bonchev–Trinajstić information content (AvgIpc) is 3.71. The van der Waals surface area contributed by atoms with Crippen LogP contribution in [-0.2, 0) is 0 Å². The zero-order chi connectivity index (χ0) is 33.0. The summed E-state index contributed by atoms with van der Waals surface area (Å²) in [6, 6.07) is 50.4. The molecule has 1 N–H and O–H groups in total. The van der Waals surface area contributed by atoms with Crippen LogP contribution in [0.1, 0.15) is 17.4 Å². The van der Waals surface area contributed by atoms with Gasteiger partial charge in [0.15, 0.2) is 0 Å². The lowest BCUT2D eigenvalue weighted by molar-refractivity contribution is 0.736. The molecule has 0 saturated carbocycles. The van der Waals surface area contributed by atoms with Crippen LogP contribution < -0.4 is 5.32 Å². The van der Waals surface area contributed by atoms with Gasteiger partial charge in [-0.3, -0.25) is 14.1 Å². The Morgan fingerprint density at radius 1 is 0.480 bits per heavy atom. The number of para-hydroxylation sites is 4. The molecule has 10 rings (SSSR count). The van der Waals surface area contributed by atoms with Gasteiger partial charge >= 0.3 is 0 Å².